The van der Waals surface area contributed by atoms with Crippen LogP contribution >= 0.6 is 0 Å². The van der Waals surface area contributed by atoms with Gasteiger partial charge in [-0.3, -0.25) is 5.84 Å². The highest BCUT2D eigenvalue weighted by Crippen LogP contribution is 2.24. The zero-order valence-electron chi connectivity index (χ0n) is 11.9. The molecular formula is C13H23N3O2S. The lowest BCUT2D eigenvalue weighted by atomic mass is 10.1. The van der Waals surface area contributed by atoms with E-state index in [2.05, 4.69) is 10.1 Å². The van der Waals surface area contributed by atoms with Gasteiger partial charge in [-0.15, -0.1) is 0 Å². The first-order chi connectivity index (χ1) is 8.81. The number of hydrogen-bond acceptors (Lipinski definition) is 4. The summed E-state index contributed by atoms with van der Waals surface area (Å²) in [6, 6.07) is 3.39. The number of hydrogen-bond donors (Lipinski definition) is 3. The van der Waals surface area contributed by atoms with Crippen molar-refractivity contribution < 1.29 is 8.42 Å². The first-order valence-electron chi connectivity index (χ1n) is 6.42. The maximum absolute atomic E-state index is 12.4. The summed E-state index contributed by atoms with van der Waals surface area (Å²) in [4.78, 5) is 0.342. The standard InChI is InChI=1S/C13H23N3O2S/c1-5-6-11(4)16-19(17,18)13-9(2)7-12(15-14)8-10(13)3/h7-8,11,15-16H,5-6,14H2,1-4H3. The number of nitrogens with two attached hydrogens (primary N) is 1. The fourth-order valence-electron chi connectivity index (χ4n) is 2.27. The van der Waals surface area contributed by atoms with Crippen LogP contribution in [-0.4, -0.2) is 14.5 Å². The molecule has 1 unspecified atom stereocenters. The number of sulfonamides is 1. The Bertz CT molecular complexity index is 518. The molecule has 6 heteroatoms. The van der Waals surface area contributed by atoms with E-state index < -0.39 is 10.0 Å². The van der Waals surface area contributed by atoms with Gasteiger partial charge in [0.1, 0.15) is 0 Å². The molecular weight excluding hydrogens is 262 g/mol. The Morgan fingerprint density at radius 1 is 1.26 bits per heavy atom. The van der Waals surface area contributed by atoms with Gasteiger partial charge in [-0.2, -0.15) is 0 Å². The van der Waals surface area contributed by atoms with Crippen molar-refractivity contribution in [2.45, 2.75) is 51.5 Å². The molecule has 0 aliphatic carbocycles. The average Bonchev–Trinajstić information content (AvgIpc) is 2.26. The van der Waals surface area contributed by atoms with Gasteiger partial charge in [0, 0.05) is 11.7 Å². The van der Waals surface area contributed by atoms with Crippen LogP contribution in [0.15, 0.2) is 17.0 Å². The number of hydrazine groups is 1. The van der Waals surface area contributed by atoms with Crippen molar-refractivity contribution in [1.82, 2.24) is 4.72 Å². The first-order valence-corrected chi connectivity index (χ1v) is 7.90. The van der Waals surface area contributed by atoms with Crippen LogP contribution < -0.4 is 16.0 Å². The molecule has 1 aromatic rings. The highest BCUT2D eigenvalue weighted by molar-refractivity contribution is 7.89. The zero-order chi connectivity index (χ0) is 14.6. The summed E-state index contributed by atoms with van der Waals surface area (Å²) >= 11 is 0. The molecule has 1 rings (SSSR count). The summed E-state index contributed by atoms with van der Waals surface area (Å²) in [6.07, 6.45) is 1.76. The molecule has 1 aromatic carbocycles. The van der Waals surface area contributed by atoms with E-state index in [0.717, 1.165) is 12.8 Å². The second-order valence-corrected chi connectivity index (χ2v) is 6.55. The third-order valence-electron chi connectivity index (χ3n) is 2.97. The summed E-state index contributed by atoms with van der Waals surface area (Å²) in [5, 5.41) is 0. The van der Waals surface area contributed by atoms with Crippen molar-refractivity contribution in [2.75, 3.05) is 5.43 Å². The smallest absolute Gasteiger partial charge is 0.241 e. The molecule has 0 amide bonds. The summed E-state index contributed by atoms with van der Waals surface area (Å²) in [7, 11) is -3.49. The minimum atomic E-state index is -3.49. The van der Waals surface area contributed by atoms with Crippen LogP contribution in [0.3, 0.4) is 0 Å². The van der Waals surface area contributed by atoms with E-state index in [9.17, 15) is 8.42 Å². The van der Waals surface area contributed by atoms with Crippen molar-refractivity contribution in [3.63, 3.8) is 0 Å². The fourth-order valence-corrected chi connectivity index (χ4v) is 4.00. The van der Waals surface area contributed by atoms with Crippen LogP contribution in [0.2, 0.25) is 0 Å². The average molecular weight is 285 g/mol. The van der Waals surface area contributed by atoms with E-state index in [1.54, 1.807) is 26.0 Å². The number of aryl methyl sites for hydroxylation is 2. The van der Waals surface area contributed by atoms with E-state index in [1.807, 2.05) is 13.8 Å². The van der Waals surface area contributed by atoms with Crippen molar-refractivity contribution in [1.29, 1.82) is 0 Å². The van der Waals surface area contributed by atoms with Gasteiger partial charge in [-0.25, -0.2) is 13.1 Å². The van der Waals surface area contributed by atoms with Crippen molar-refractivity contribution >= 4 is 15.7 Å². The first kappa shape index (κ1) is 15.9. The van der Waals surface area contributed by atoms with Crippen LogP contribution in [0.1, 0.15) is 37.8 Å². The fraction of sp³-hybridized carbons (Fsp3) is 0.538. The van der Waals surface area contributed by atoms with E-state index in [1.165, 1.54) is 0 Å². The van der Waals surface area contributed by atoms with E-state index in [4.69, 9.17) is 5.84 Å². The van der Waals surface area contributed by atoms with Crippen LogP contribution in [0.4, 0.5) is 5.69 Å². The molecule has 19 heavy (non-hydrogen) atoms. The van der Waals surface area contributed by atoms with Crippen LogP contribution in [0.5, 0.6) is 0 Å². The molecule has 5 nitrogen and oxygen atoms in total. The van der Waals surface area contributed by atoms with Gasteiger partial charge in [-0.1, -0.05) is 13.3 Å². The van der Waals surface area contributed by atoms with Crippen LogP contribution in [0.25, 0.3) is 0 Å². The number of nitrogens with one attached hydrogen (secondary N) is 2. The summed E-state index contributed by atoms with van der Waals surface area (Å²) in [6.45, 7) is 7.45. The summed E-state index contributed by atoms with van der Waals surface area (Å²) < 4.78 is 27.5. The molecule has 0 fully saturated rings. The maximum Gasteiger partial charge on any atom is 0.241 e. The molecule has 0 saturated carbocycles. The second-order valence-electron chi connectivity index (χ2n) is 4.89. The van der Waals surface area contributed by atoms with Crippen LogP contribution in [-0.2, 0) is 10.0 Å². The van der Waals surface area contributed by atoms with Gasteiger partial charge in [0.2, 0.25) is 10.0 Å². The number of nitrogen functional groups attached to an aromatic ring is 1. The second kappa shape index (κ2) is 6.36. The van der Waals surface area contributed by atoms with E-state index >= 15 is 0 Å². The van der Waals surface area contributed by atoms with E-state index in [-0.39, 0.29) is 6.04 Å². The molecule has 108 valence electrons. The molecule has 0 bridgehead atoms. The minimum Gasteiger partial charge on any atom is -0.324 e. The highest BCUT2D eigenvalue weighted by Gasteiger charge is 2.21. The summed E-state index contributed by atoms with van der Waals surface area (Å²) in [5.74, 6) is 5.35. The Balaban J connectivity index is 3.15. The lowest BCUT2D eigenvalue weighted by Gasteiger charge is -2.17. The van der Waals surface area contributed by atoms with E-state index in [0.29, 0.717) is 21.7 Å². The molecule has 0 heterocycles. The predicted molar refractivity (Wildman–Crippen MR) is 78.4 cm³/mol. The molecule has 0 aliphatic rings. The largest absolute Gasteiger partial charge is 0.324 e. The summed E-state index contributed by atoms with van der Waals surface area (Å²) in [5.41, 5.74) is 4.61. The lowest BCUT2D eigenvalue weighted by Crippen LogP contribution is -2.33. The molecule has 0 aromatic heterocycles. The molecule has 0 aliphatic heterocycles. The number of rotatable bonds is 6. The Morgan fingerprint density at radius 3 is 2.21 bits per heavy atom. The Kier molecular flexibility index (Phi) is 5.34. The SMILES string of the molecule is CCCC(C)NS(=O)(=O)c1c(C)cc(NN)cc1C. The molecule has 0 spiro atoms. The molecule has 4 N–H and O–H groups in total. The Labute approximate surface area is 115 Å². The molecule has 1 atom stereocenters. The topological polar surface area (TPSA) is 84.2 Å². The third kappa shape index (κ3) is 3.92. The maximum atomic E-state index is 12.4. The third-order valence-corrected chi connectivity index (χ3v) is 4.87. The minimum absolute atomic E-state index is 0.0684. The Hall–Kier alpha value is -1.11. The number of benzene rings is 1. The molecule has 0 saturated heterocycles. The van der Waals surface area contributed by atoms with Crippen molar-refractivity contribution in [2.24, 2.45) is 5.84 Å². The van der Waals surface area contributed by atoms with Gasteiger partial charge in [0.05, 0.1) is 4.90 Å². The molecule has 0 radical (unpaired) electrons. The van der Waals surface area contributed by atoms with Gasteiger partial charge in [0.15, 0.2) is 0 Å². The quantitative estimate of drug-likeness (QED) is 0.552. The van der Waals surface area contributed by atoms with Gasteiger partial charge in [-0.05, 0) is 50.5 Å². The van der Waals surface area contributed by atoms with Gasteiger partial charge >= 0.3 is 0 Å². The lowest BCUT2D eigenvalue weighted by molar-refractivity contribution is 0.543. The van der Waals surface area contributed by atoms with Gasteiger partial charge in [0.25, 0.3) is 0 Å². The number of anilines is 1. The monoisotopic (exact) mass is 285 g/mol. The van der Waals surface area contributed by atoms with Gasteiger partial charge < -0.3 is 5.43 Å². The van der Waals surface area contributed by atoms with Crippen molar-refractivity contribution in [3.05, 3.63) is 23.3 Å². The highest BCUT2D eigenvalue weighted by atomic mass is 32.2. The van der Waals surface area contributed by atoms with Crippen LogP contribution in [0, 0.1) is 13.8 Å². The normalized spacial score (nSPS) is 13.3. The van der Waals surface area contributed by atoms with Crippen molar-refractivity contribution in [3.8, 4) is 0 Å². The zero-order valence-corrected chi connectivity index (χ0v) is 12.8. The Morgan fingerprint density at radius 2 is 1.79 bits per heavy atom. The predicted octanol–water partition coefficient (Wildman–Crippen LogP) is 2.06.